The van der Waals surface area contributed by atoms with Crippen molar-refractivity contribution in [2.75, 3.05) is 26.2 Å². The summed E-state index contributed by atoms with van der Waals surface area (Å²) in [5, 5.41) is 0. The Labute approximate surface area is 91.4 Å². The molecule has 1 saturated carbocycles. The van der Waals surface area contributed by atoms with Gasteiger partial charge in [-0.05, 0) is 12.8 Å². The van der Waals surface area contributed by atoms with Crippen LogP contribution in [0.3, 0.4) is 0 Å². The maximum atomic E-state index is 11.2. The molecule has 0 radical (unpaired) electrons. The molecule has 2 atom stereocenters. The number of rotatable bonds is 1. The fraction of sp³-hybridized carbons (Fsp3) is 0.909. The van der Waals surface area contributed by atoms with Gasteiger partial charge in [0.1, 0.15) is 0 Å². The number of amides is 1. The third-order valence-electron chi connectivity index (χ3n) is 3.76. The molecule has 1 saturated heterocycles. The predicted molar refractivity (Wildman–Crippen MR) is 59.4 cm³/mol. The van der Waals surface area contributed by atoms with E-state index in [1.807, 2.05) is 4.90 Å². The third-order valence-corrected chi connectivity index (χ3v) is 3.76. The van der Waals surface area contributed by atoms with E-state index in [0.29, 0.717) is 12.1 Å². The first-order valence-electron chi connectivity index (χ1n) is 5.93. The lowest BCUT2D eigenvalue weighted by Crippen LogP contribution is -2.54. The summed E-state index contributed by atoms with van der Waals surface area (Å²) in [4.78, 5) is 15.6. The molecule has 2 fully saturated rings. The Bertz CT molecular complexity index is 236. The topological polar surface area (TPSA) is 49.6 Å². The highest BCUT2D eigenvalue weighted by Crippen LogP contribution is 2.23. The van der Waals surface area contributed by atoms with Gasteiger partial charge in [0.2, 0.25) is 5.91 Å². The van der Waals surface area contributed by atoms with Gasteiger partial charge in [-0.2, -0.15) is 0 Å². The number of nitrogens with zero attached hydrogens (tertiary/aromatic N) is 2. The van der Waals surface area contributed by atoms with Gasteiger partial charge in [0.25, 0.3) is 0 Å². The standard InChI is InChI=1S/C11H21N3O/c1-9(15)13-5-7-14(8-6-13)11-4-2-3-10(11)12/h10-11H,2-8,12H2,1H3/t10-,11-/m1/s1. The first-order valence-corrected chi connectivity index (χ1v) is 5.93. The summed E-state index contributed by atoms with van der Waals surface area (Å²) >= 11 is 0. The van der Waals surface area contributed by atoms with Crippen LogP contribution in [0.25, 0.3) is 0 Å². The van der Waals surface area contributed by atoms with Crippen LogP contribution in [0.4, 0.5) is 0 Å². The van der Waals surface area contributed by atoms with E-state index in [1.54, 1.807) is 6.92 Å². The van der Waals surface area contributed by atoms with Crippen LogP contribution in [0.15, 0.2) is 0 Å². The molecular weight excluding hydrogens is 190 g/mol. The molecule has 15 heavy (non-hydrogen) atoms. The number of hydrogen-bond donors (Lipinski definition) is 1. The number of piperazine rings is 1. The van der Waals surface area contributed by atoms with E-state index in [1.165, 1.54) is 12.8 Å². The summed E-state index contributed by atoms with van der Waals surface area (Å²) in [5.41, 5.74) is 6.08. The van der Waals surface area contributed by atoms with Crippen LogP contribution in [0.5, 0.6) is 0 Å². The van der Waals surface area contributed by atoms with E-state index >= 15 is 0 Å². The van der Waals surface area contributed by atoms with Crippen LogP contribution in [-0.4, -0.2) is 54.0 Å². The van der Waals surface area contributed by atoms with Gasteiger partial charge in [-0.3, -0.25) is 9.69 Å². The number of carbonyl (C=O) groups is 1. The fourth-order valence-corrected chi connectivity index (χ4v) is 2.79. The van der Waals surface area contributed by atoms with Crippen molar-refractivity contribution in [1.29, 1.82) is 0 Å². The molecule has 4 heteroatoms. The second-order valence-electron chi connectivity index (χ2n) is 4.70. The lowest BCUT2D eigenvalue weighted by atomic mass is 10.1. The minimum atomic E-state index is 0.199. The molecule has 4 nitrogen and oxygen atoms in total. The summed E-state index contributed by atoms with van der Waals surface area (Å²) in [6, 6.07) is 0.924. The summed E-state index contributed by atoms with van der Waals surface area (Å²) in [6.45, 7) is 5.39. The largest absolute Gasteiger partial charge is 0.340 e. The first kappa shape index (κ1) is 10.9. The first-order chi connectivity index (χ1) is 7.18. The van der Waals surface area contributed by atoms with Crippen molar-refractivity contribution in [3.05, 3.63) is 0 Å². The van der Waals surface area contributed by atoms with Crippen molar-refractivity contribution in [2.45, 2.75) is 38.3 Å². The highest BCUT2D eigenvalue weighted by Gasteiger charge is 2.31. The Morgan fingerprint density at radius 3 is 2.33 bits per heavy atom. The van der Waals surface area contributed by atoms with Crippen LogP contribution in [0, 0.1) is 0 Å². The molecule has 0 bridgehead atoms. The van der Waals surface area contributed by atoms with Gasteiger partial charge in [-0.15, -0.1) is 0 Å². The zero-order valence-corrected chi connectivity index (χ0v) is 9.48. The minimum Gasteiger partial charge on any atom is -0.340 e. The zero-order chi connectivity index (χ0) is 10.8. The molecule has 0 aromatic carbocycles. The van der Waals surface area contributed by atoms with Crippen molar-refractivity contribution < 1.29 is 4.79 Å². The van der Waals surface area contributed by atoms with E-state index in [2.05, 4.69) is 4.90 Å². The monoisotopic (exact) mass is 211 g/mol. The summed E-state index contributed by atoms with van der Waals surface area (Å²) in [7, 11) is 0. The van der Waals surface area contributed by atoms with Crippen LogP contribution < -0.4 is 5.73 Å². The molecule has 1 heterocycles. The fourth-order valence-electron chi connectivity index (χ4n) is 2.79. The van der Waals surface area contributed by atoms with Crippen molar-refractivity contribution >= 4 is 5.91 Å². The Kier molecular flexibility index (Phi) is 3.26. The SMILES string of the molecule is CC(=O)N1CCN([C@@H]2CCC[C@H]2N)CC1. The van der Waals surface area contributed by atoms with Gasteiger partial charge in [0.05, 0.1) is 0 Å². The molecule has 0 aromatic heterocycles. The van der Waals surface area contributed by atoms with Gasteiger partial charge in [-0.1, -0.05) is 6.42 Å². The smallest absolute Gasteiger partial charge is 0.219 e. The van der Waals surface area contributed by atoms with Crippen LogP contribution in [0.2, 0.25) is 0 Å². The molecule has 0 spiro atoms. The van der Waals surface area contributed by atoms with Crippen molar-refractivity contribution in [3.63, 3.8) is 0 Å². The van der Waals surface area contributed by atoms with E-state index < -0.39 is 0 Å². The van der Waals surface area contributed by atoms with Gasteiger partial charge in [0.15, 0.2) is 0 Å². The summed E-state index contributed by atoms with van der Waals surface area (Å²) < 4.78 is 0. The van der Waals surface area contributed by atoms with Gasteiger partial charge < -0.3 is 10.6 Å². The third kappa shape index (κ3) is 2.32. The number of hydrogen-bond acceptors (Lipinski definition) is 3. The van der Waals surface area contributed by atoms with E-state index in [0.717, 1.165) is 32.6 Å². The Morgan fingerprint density at radius 1 is 1.20 bits per heavy atom. The molecule has 2 aliphatic rings. The van der Waals surface area contributed by atoms with Crippen molar-refractivity contribution in [3.8, 4) is 0 Å². The highest BCUT2D eigenvalue weighted by atomic mass is 16.2. The average Bonchev–Trinajstić information content (AvgIpc) is 2.65. The van der Waals surface area contributed by atoms with Crippen LogP contribution >= 0.6 is 0 Å². The molecule has 0 unspecified atom stereocenters. The second-order valence-corrected chi connectivity index (χ2v) is 4.70. The maximum Gasteiger partial charge on any atom is 0.219 e. The van der Waals surface area contributed by atoms with Crippen LogP contribution in [-0.2, 0) is 4.79 Å². The molecular formula is C11H21N3O. The van der Waals surface area contributed by atoms with Crippen molar-refractivity contribution in [1.82, 2.24) is 9.80 Å². The molecule has 86 valence electrons. The highest BCUT2D eigenvalue weighted by molar-refractivity contribution is 5.73. The van der Waals surface area contributed by atoms with Gasteiger partial charge in [0, 0.05) is 45.2 Å². The predicted octanol–water partition coefficient (Wildman–Crippen LogP) is 0.0303. The molecule has 1 aliphatic carbocycles. The number of nitrogens with two attached hydrogens (primary N) is 1. The molecule has 2 N–H and O–H groups in total. The quantitative estimate of drug-likeness (QED) is 0.666. The lowest BCUT2D eigenvalue weighted by Gasteiger charge is -2.39. The summed E-state index contributed by atoms with van der Waals surface area (Å²) in [5.74, 6) is 0.199. The van der Waals surface area contributed by atoms with E-state index in [-0.39, 0.29) is 5.91 Å². The maximum absolute atomic E-state index is 11.2. The Balaban J connectivity index is 1.85. The Hall–Kier alpha value is -0.610. The lowest BCUT2D eigenvalue weighted by molar-refractivity contribution is -0.130. The average molecular weight is 211 g/mol. The minimum absolute atomic E-state index is 0.199. The molecule has 1 amide bonds. The van der Waals surface area contributed by atoms with E-state index in [4.69, 9.17) is 5.73 Å². The normalized spacial score (nSPS) is 33.3. The molecule has 2 rings (SSSR count). The molecule has 0 aromatic rings. The van der Waals surface area contributed by atoms with E-state index in [9.17, 15) is 4.79 Å². The molecule has 1 aliphatic heterocycles. The zero-order valence-electron chi connectivity index (χ0n) is 9.48. The van der Waals surface area contributed by atoms with Crippen molar-refractivity contribution in [2.24, 2.45) is 5.73 Å². The van der Waals surface area contributed by atoms with Gasteiger partial charge >= 0.3 is 0 Å². The van der Waals surface area contributed by atoms with Crippen LogP contribution in [0.1, 0.15) is 26.2 Å². The number of carbonyl (C=O) groups excluding carboxylic acids is 1. The Morgan fingerprint density at radius 2 is 1.87 bits per heavy atom. The van der Waals surface area contributed by atoms with Gasteiger partial charge in [-0.25, -0.2) is 0 Å². The summed E-state index contributed by atoms with van der Waals surface area (Å²) in [6.07, 6.45) is 3.66. The second kappa shape index (κ2) is 4.49.